The number of aromatic carboxylic acids is 1. The standard InChI is InChI=1S/C25H25ClN4O4/c1-4-30(14-17-13-18(26)9-11-22(17)34-15-16(2)3)23-12-10-21(28-29-23)24(31)27-20-8-6-5-7-19(20)25(32)33/h5-13H,2,4,14-15H2,1,3H3,(H,27,31)(H,32,33). The van der Waals surface area contributed by atoms with Crippen molar-refractivity contribution in [2.45, 2.75) is 20.4 Å². The molecule has 0 unspecified atom stereocenters. The van der Waals surface area contributed by atoms with Gasteiger partial charge in [0.25, 0.3) is 5.91 Å². The molecule has 0 aliphatic rings. The maximum Gasteiger partial charge on any atom is 0.337 e. The van der Waals surface area contributed by atoms with Crippen molar-refractivity contribution in [3.8, 4) is 5.75 Å². The molecule has 1 amide bonds. The zero-order valence-corrected chi connectivity index (χ0v) is 19.7. The lowest BCUT2D eigenvalue weighted by molar-refractivity contribution is 0.0698. The number of hydrogen-bond donors (Lipinski definition) is 2. The van der Waals surface area contributed by atoms with Gasteiger partial charge >= 0.3 is 5.97 Å². The molecular weight excluding hydrogens is 456 g/mol. The number of ether oxygens (including phenoxy) is 1. The van der Waals surface area contributed by atoms with Crippen molar-refractivity contribution in [3.05, 3.63) is 88.6 Å². The lowest BCUT2D eigenvalue weighted by Gasteiger charge is -2.23. The average Bonchev–Trinajstić information content (AvgIpc) is 2.82. The summed E-state index contributed by atoms with van der Waals surface area (Å²) < 4.78 is 5.85. The first kappa shape index (κ1) is 24.7. The number of carboxylic acid groups (broad SMARTS) is 1. The summed E-state index contributed by atoms with van der Waals surface area (Å²) in [4.78, 5) is 25.9. The molecule has 3 aromatic rings. The predicted octanol–water partition coefficient (Wildman–Crippen LogP) is 5.06. The molecule has 0 saturated carbocycles. The van der Waals surface area contributed by atoms with E-state index in [2.05, 4.69) is 22.1 Å². The Labute approximate surface area is 202 Å². The Morgan fingerprint density at radius 3 is 2.56 bits per heavy atom. The number of carbonyl (C=O) groups excluding carboxylic acids is 1. The van der Waals surface area contributed by atoms with E-state index in [9.17, 15) is 14.7 Å². The van der Waals surface area contributed by atoms with Gasteiger partial charge in [0.1, 0.15) is 12.4 Å². The molecular formula is C25H25ClN4O4. The maximum atomic E-state index is 12.6. The summed E-state index contributed by atoms with van der Waals surface area (Å²) in [5.74, 6) is -0.424. The molecule has 0 radical (unpaired) electrons. The van der Waals surface area contributed by atoms with Crippen LogP contribution < -0.4 is 15.0 Å². The number of para-hydroxylation sites is 1. The smallest absolute Gasteiger partial charge is 0.337 e. The van der Waals surface area contributed by atoms with Gasteiger partial charge in [-0.3, -0.25) is 4.79 Å². The van der Waals surface area contributed by atoms with Gasteiger partial charge in [-0.2, -0.15) is 0 Å². The van der Waals surface area contributed by atoms with Gasteiger partial charge in [0.15, 0.2) is 11.5 Å². The number of nitrogens with zero attached hydrogens (tertiary/aromatic N) is 3. The van der Waals surface area contributed by atoms with Crippen molar-refractivity contribution >= 4 is 35.0 Å². The van der Waals surface area contributed by atoms with E-state index >= 15 is 0 Å². The van der Waals surface area contributed by atoms with E-state index in [1.54, 1.807) is 30.3 Å². The SMILES string of the molecule is C=C(C)COc1ccc(Cl)cc1CN(CC)c1ccc(C(=O)Nc2ccccc2C(=O)O)nn1. The highest BCUT2D eigenvalue weighted by molar-refractivity contribution is 6.30. The summed E-state index contributed by atoms with van der Waals surface area (Å²) in [7, 11) is 0. The lowest BCUT2D eigenvalue weighted by Crippen LogP contribution is -2.24. The summed E-state index contributed by atoms with van der Waals surface area (Å²) in [6.45, 7) is 9.22. The minimum absolute atomic E-state index is 0.0104. The molecule has 34 heavy (non-hydrogen) atoms. The Morgan fingerprint density at radius 2 is 1.91 bits per heavy atom. The second kappa shape index (κ2) is 11.3. The van der Waals surface area contributed by atoms with E-state index in [0.29, 0.717) is 36.3 Å². The molecule has 176 valence electrons. The zero-order chi connectivity index (χ0) is 24.7. The Bertz CT molecular complexity index is 1200. The van der Waals surface area contributed by atoms with Crippen LogP contribution in [-0.4, -0.2) is 40.3 Å². The maximum absolute atomic E-state index is 12.6. The molecule has 8 nitrogen and oxygen atoms in total. The molecule has 0 fully saturated rings. The van der Waals surface area contributed by atoms with E-state index in [1.807, 2.05) is 30.9 Å². The van der Waals surface area contributed by atoms with Gasteiger partial charge in [-0.15, -0.1) is 10.2 Å². The van der Waals surface area contributed by atoms with Crippen LogP contribution in [0.4, 0.5) is 11.5 Å². The number of halogens is 1. The van der Waals surface area contributed by atoms with Crippen LogP contribution >= 0.6 is 11.6 Å². The van der Waals surface area contributed by atoms with E-state index in [1.165, 1.54) is 12.1 Å². The fourth-order valence-electron chi connectivity index (χ4n) is 3.15. The van der Waals surface area contributed by atoms with Crippen molar-refractivity contribution in [1.29, 1.82) is 0 Å². The van der Waals surface area contributed by atoms with Gasteiger partial charge in [0.2, 0.25) is 0 Å². The number of aromatic nitrogens is 2. The van der Waals surface area contributed by atoms with Crippen LogP contribution in [0.25, 0.3) is 0 Å². The second-order valence-electron chi connectivity index (χ2n) is 7.59. The minimum atomic E-state index is -1.14. The Hall–Kier alpha value is -3.91. The zero-order valence-electron chi connectivity index (χ0n) is 18.9. The van der Waals surface area contributed by atoms with Crippen molar-refractivity contribution in [1.82, 2.24) is 10.2 Å². The van der Waals surface area contributed by atoms with Gasteiger partial charge in [-0.05, 0) is 61.9 Å². The summed E-state index contributed by atoms with van der Waals surface area (Å²) in [6.07, 6.45) is 0. The number of nitrogens with one attached hydrogen (secondary N) is 1. The van der Waals surface area contributed by atoms with Crippen molar-refractivity contribution < 1.29 is 19.4 Å². The number of carbonyl (C=O) groups is 2. The molecule has 0 atom stereocenters. The van der Waals surface area contributed by atoms with Crippen LogP contribution in [0.1, 0.15) is 40.3 Å². The quantitative estimate of drug-likeness (QED) is 0.390. The third-order valence-corrected chi connectivity index (χ3v) is 5.09. The molecule has 3 rings (SSSR count). The second-order valence-corrected chi connectivity index (χ2v) is 8.03. The van der Waals surface area contributed by atoms with E-state index in [4.69, 9.17) is 16.3 Å². The molecule has 1 heterocycles. The van der Waals surface area contributed by atoms with Gasteiger partial charge < -0.3 is 20.1 Å². The third-order valence-electron chi connectivity index (χ3n) is 4.85. The molecule has 0 spiro atoms. The van der Waals surface area contributed by atoms with E-state index in [-0.39, 0.29) is 16.9 Å². The third kappa shape index (κ3) is 6.32. The van der Waals surface area contributed by atoms with Crippen molar-refractivity contribution in [2.75, 3.05) is 23.4 Å². The largest absolute Gasteiger partial charge is 0.489 e. The normalized spacial score (nSPS) is 10.4. The monoisotopic (exact) mass is 480 g/mol. The fraction of sp³-hybridized carbons (Fsp3) is 0.200. The predicted molar refractivity (Wildman–Crippen MR) is 132 cm³/mol. The summed E-state index contributed by atoms with van der Waals surface area (Å²) in [5, 5.41) is 20.7. The first-order valence-corrected chi connectivity index (χ1v) is 10.9. The summed E-state index contributed by atoms with van der Waals surface area (Å²) >= 11 is 6.20. The van der Waals surface area contributed by atoms with Crippen LogP contribution in [-0.2, 0) is 6.54 Å². The highest BCUT2D eigenvalue weighted by Crippen LogP contribution is 2.26. The van der Waals surface area contributed by atoms with Gasteiger partial charge in [0.05, 0.1) is 11.3 Å². The highest BCUT2D eigenvalue weighted by Gasteiger charge is 2.16. The first-order chi connectivity index (χ1) is 16.3. The molecule has 1 aromatic heterocycles. The Balaban J connectivity index is 1.76. The fourth-order valence-corrected chi connectivity index (χ4v) is 3.35. The molecule has 0 aliphatic heterocycles. The molecule has 2 N–H and O–H groups in total. The van der Waals surface area contributed by atoms with Crippen LogP contribution in [0, 0.1) is 0 Å². The van der Waals surface area contributed by atoms with Crippen molar-refractivity contribution in [3.63, 3.8) is 0 Å². The lowest BCUT2D eigenvalue weighted by atomic mass is 10.1. The summed E-state index contributed by atoms with van der Waals surface area (Å²) in [5.41, 5.74) is 2.02. The van der Waals surface area contributed by atoms with Gasteiger partial charge in [0, 0.05) is 23.7 Å². The van der Waals surface area contributed by atoms with Gasteiger partial charge in [-0.25, -0.2) is 4.79 Å². The Kier molecular flexibility index (Phi) is 8.21. The van der Waals surface area contributed by atoms with Crippen molar-refractivity contribution in [2.24, 2.45) is 0 Å². The topological polar surface area (TPSA) is 105 Å². The van der Waals surface area contributed by atoms with Crippen LogP contribution in [0.15, 0.2) is 66.7 Å². The van der Waals surface area contributed by atoms with E-state index < -0.39 is 11.9 Å². The van der Waals surface area contributed by atoms with Gasteiger partial charge in [-0.1, -0.05) is 30.3 Å². The first-order valence-electron chi connectivity index (χ1n) is 10.6. The number of benzene rings is 2. The number of anilines is 2. The number of hydrogen-bond acceptors (Lipinski definition) is 6. The van der Waals surface area contributed by atoms with Crippen LogP contribution in [0.2, 0.25) is 5.02 Å². The number of carboxylic acids is 1. The summed E-state index contributed by atoms with van der Waals surface area (Å²) in [6, 6.07) is 14.8. The molecule has 0 bridgehead atoms. The average molecular weight is 481 g/mol. The van der Waals surface area contributed by atoms with Crippen LogP contribution in [0.5, 0.6) is 5.75 Å². The molecule has 2 aromatic carbocycles. The number of rotatable bonds is 10. The van der Waals surface area contributed by atoms with Crippen LogP contribution in [0.3, 0.4) is 0 Å². The minimum Gasteiger partial charge on any atom is -0.489 e. The molecule has 9 heteroatoms. The number of amides is 1. The van der Waals surface area contributed by atoms with E-state index in [0.717, 1.165) is 11.1 Å². The molecule has 0 aliphatic carbocycles. The molecule has 0 saturated heterocycles. The highest BCUT2D eigenvalue weighted by atomic mass is 35.5. The Morgan fingerprint density at radius 1 is 1.15 bits per heavy atom.